The minimum absolute atomic E-state index is 0.0253. The number of aromatic hydroxyl groups is 2. The Balaban J connectivity index is 2.45. The molecule has 0 amide bonds. The second-order valence-corrected chi connectivity index (χ2v) is 7.25. The molecule has 0 saturated heterocycles. The molecule has 104 valence electrons. The molecule has 4 nitrogen and oxygen atoms in total. The minimum atomic E-state index is -0.0253. The quantitative estimate of drug-likeness (QED) is 0.433. The van der Waals surface area contributed by atoms with Crippen LogP contribution in [0.2, 0.25) is 0 Å². The Morgan fingerprint density at radius 1 is 0.650 bits per heavy atom. The van der Waals surface area contributed by atoms with Gasteiger partial charge in [0.15, 0.2) is 0 Å². The van der Waals surface area contributed by atoms with Crippen molar-refractivity contribution in [2.45, 2.75) is 0 Å². The Morgan fingerprint density at radius 3 is 1.30 bits per heavy atom. The van der Waals surface area contributed by atoms with Gasteiger partial charge in [0.2, 0.25) is 0 Å². The summed E-state index contributed by atoms with van der Waals surface area (Å²) in [5.74, 6) is -0.0505. The molecule has 0 saturated carbocycles. The van der Waals surface area contributed by atoms with Gasteiger partial charge in [-0.05, 0) is 56.1 Å². The lowest BCUT2D eigenvalue weighted by Crippen LogP contribution is -1.75. The van der Waals surface area contributed by atoms with Gasteiger partial charge >= 0.3 is 0 Å². The van der Waals surface area contributed by atoms with Gasteiger partial charge in [0.05, 0.1) is 8.95 Å². The van der Waals surface area contributed by atoms with E-state index in [0.29, 0.717) is 17.9 Å². The van der Waals surface area contributed by atoms with Crippen LogP contribution in [-0.2, 0) is 0 Å². The lowest BCUT2D eigenvalue weighted by atomic mass is 10.3. The number of halogens is 4. The van der Waals surface area contributed by atoms with Crippen LogP contribution in [0.15, 0.2) is 52.4 Å². The molecule has 0 aliphatic rings. The zero-order chi connectivity index (χ0) is 14.9. The highest BCUT2D eigenvalue weighted by atomic mass is 79.9. The van der Waals surface area contributed by atoms with E-state index in [-0.39, 0.29) is 22.9 Å². The van der Waals surface area contributed by atoms with Crippen LogP contribution in [0, 0.1) is 0 Å². The summed E-state index contributed by atoms with van der Waals surface area (Å²) < 4.78 is 2.60. The van der Waals surface area contributed by atoms with Crippen LogP contribution < -0.4 is 0 Å². The van der Waals surface area contributed by atoms with Crippen molar-refractivity contribution in [1.29, 1.82) is 0 Å². The molecule has 2 aromatic rings. The van der Waals surface area contributed by atoms with Gasteiger partial charge < -0.3 is 10.2 Å². The van der Waals surface area contributed by atoms with E-state index < -0.39 is 0 Å². The van der Waals surface area contributed by atoms with Gasteiger partial charge in [0.25, 0.3) is 0 Å². The van der Waals surface area contributed by atoms with E-state index in [9.17, 15) is 10.2 Å². The van der Waals surface area contributed by atoms with E-state index >= 15 is 0 Å². The van der Waals surface area contributed by atoms with Gasteiger partial charge in [0.1, 0.15) is 22.9 Å². The third-order valence-corrected chi connectivity index (χ3v) is 4.39. The maximum atomic E-state index is 9.84. The van der Waals surface area contributed by atoms with E-state index in [4.69, 9.17) is 0 Å². The molecule has 0 radical (unpaired) electrons. The molecule has 2 rings (SSSR count). The fourth-order valence-corrected chi connectivity index (χ4v) is 3.97. The maximum absolute atomic E-state index is 9.84. The number of azo groups is 1. The fourth-order valence-electron chi connectivity index (χ4n) is 1.40. The van der Waals surface area contributed by atoms with Crippen LogP contribution in [0.3, 0.4) is 0 Å². The summed E-state index contributed by atoms with van der Waals surface area (Å²) in [6.45, 7) is 0. The normalized spacial score (nSPS) is 11.2. The topological polar surface area (TPSA) is 65.2 Å². The third-order valence-electron chi connectivity index (χ3n) is 2.27. The van der Waals surface area contributed by atoms with Gasteiger partial charge in [-0.1, -0.05) is 31.9 Å². The van der Waals surface area contributed by atoms with Crippen molar-refractivity contribution in [1.82, 2.24) is 0 Å². The molecule has 0 spiro atoms. The molecule has 0 aliphatic heterocycles. The van der Waals surface area contributed by atoms with Gasteiger partial charge in [-0.25, -0.2) is 0 Å². The first kappa shape index (κ1) is 15.9. The predicted molar refractivity (Wildman–Crippen MR) is 91.2 cm³/mol. The van der Waals surface area contributed by atoms with Crippen LogP contribution >= 0.6 is 63.7 Å². The number of nitrogens with zero attached hydrogens (tertiary/aromatic N) is 2. The van der Waals surface area contributed by atoms with Gasteiger partial charge in [0, 0.05) is 8.95 Å². The van der Waals surface area contributed by atoms with Crippen molar-refractivity contribution in [3.05, 3.63) is 42.2 Å². The van der Waals surface area contributed by atoms with Crippen LogP contribution in [-0.4, -0.2) is 10.2 Å². The Labute approximate surface area is 148 Å². The molecule has 2 N–H and O–H groups in total. The average Bonchev–Trinajstić information content (AvgIpc) is 2.30. The predicted octanol–water partition coefficient (Wildman–Crippen LogP) is 6.56. The van der Waals surface area contributed by atoms with E-state index in [2.05, 4.69) is 73.9 Å². The van der Waals surface area contributed by atoms with Gasteiger partial charge in [-0.3, -0.25) is 0 Å². The van der Waals surface area contributed by atoms with Crippen LogP contribution in [0.25, 0.3) is 0 Å². The number of hydrogen-bond donors (Lipinski definition) is 2. The van der Waals surface area contributed by atoms with E-state index in [1.54, 1.807) is 12.1 Å². The first-order valence-corrected chi connectivity index (χ1v) is 8.33. The lowest BCUT2D eigenvalue weighted by molar-refractivity contribution is 0.473. The van der Waals surface area contributed by atoms with Crippen molar-refractivity contribution < 1.29 is 10.2 Å². The molecular formula is C12H6Br4N2O2. The van der Waals surface area contributed by atoms with Crippen LogP contribution in [0.1, 0.15) is 0 Å². The van der Waals surface area contributed by atoms with Gasteiger partial charge in [-0.15, -0.1) is 10.2 Å². The van der Waals surface area contributed by atoms with Crippen molar-refractivity contribution >= 4 is 75.1 Å². The largest absolute Gasteiger partial charge is 0.506 e. The number of rotatable bonds is 2. The first-order chi connectivity index (χ1) is 9.38. The molecule has 2 aromatic carbocycles. The molecule has 0 bridgehead atoms. The monoisotopic (exact) mass is 526 g/mol. The van der Waals surface area contributed by atoms with Crippen molar-refractivity contribution in [3.8, 4) is 11.5 Å². The zero-order valence-corrected chi connectivity index (χ0v) is 16.0. The second-order valence-electron chi connectivity index (χ2n) is 3.71. The van der Waals surface area contributed by atoms with Crippen molar-refractivity contribution in [3.63, 3.8) is 0 Å². The molecule has 0 heterocycles. The summed E-state index contributed by atoms with van der Waals surface area (Å²) in [7, 11) is 0. The first-order valence-electron chi connectivity index (χ1n) is 5.16. The number of benzene rings is 2. The van der Waals surface area contributed by atoms with Crippen LogP contribution in [0.5, 0.6) is 11.5 Å². The summed E-state index contributed by atoms with van der Waals surface area (Å²) in [6, 6.07) is 6.50. The average molecular weight is 530 g/mol. The van der Waals surface area contributed by atoms with E-state index in [0.717, 1.165) is 0 Å². The lowest BCUT2D eigenvalue weighted by Gasteiger charge is -2.04. The Bertz CT molecular complexity index is 598. The molecule has 0 fully saturated rings. The van der Waals surface area contributed by atoms with Crippen LogP contribution in [0.4, 0.5) is 11.4 Å². The molecule has 0 aliphatic carbocycles. The Kier molecular flexibility index (Phi) is 5.22. The highest BCUT2D eigenvalue weighted by molar-refractivity contribution is 9.11. The van der Waals surface area contributed by atoms with E-state index in [1.165, 1.54) is 12.1 Å². The van der Waals surface area contributed by atoms with E-state index in [1.807, 2.05) is 0 Å². The SMILES string of the molecule is Oc1cc(Br)cc(Br)c1N=Nc1c(O)cc(Br)cc1Br. The summed E-state index contributed by atoms with van der Waals surface area (Å²) in [6.07, 6.45) is 0. The summed E-state index contributed by atoms with van der Waals surface area (Å²) in [5.41, 5.74) is 0.560. The molecule has 0 unspecified atom stereocenters. The summed E-state index contributed by atoms with van der Waals surface area (Å²) in [5, 5.41) is 27.6. The third kappa shape index (κ3) is 3.60. The highest BCUT2D eigenvalue weighted by Crippen LogP contribution is 2.42. The fraction of sp³-hybridized carbons (Fsp3) is 0. The number of phenolic OH excluding ortho intramolecular Hbond substituents is 2. The summed E-state index contributed by atoms with van der Waals surface area (Å²) >= 11 is 13.1. The number of hydrogen-bond acceptors (Lipinski definition) is 4. The molecular weight excluding hydrogens is 524 g/mol. The summed E-state index contributed by atoms with van der Waals surface area (Å²) in [4.78, 5) is 0. The molecule has 20 heavy (non-hydrogen) atoms. The van der Waals surface area contributed by atoms with Gasteiger partial charge in [-0.2, -0.15) is 0 Å². The Hall–Kier alpha value is -0.440. The molecule has 8 heteroatoms. The Morgan fingerprint density at radius 2 is 1.00 bits per heavy atom. The standard InChI is InChI=1S/C12H6Br4N2O2/c13-5-1-7(15)11(9(19)3-5)17-18-12-8(16)2-6(14)4-10(12)20/h1-4,19-20H. The zero-order valence-electron chi connectivity index (χ0n) is 9.61. The van der Waals surface area contributed by atoms with Crippen molar-refractivity contribution in [2.75, 3.05) is 0 Å². The minimum Gasteiger partial charge on any atom is -0.506 e. The smallest absolute Gasteiger partial charge is 0.145 e. The maximum Gasteiger partial charge on any atom is 0.145 e. The van der Waals surface area contributed by atoms with Crippen molar-refractivity contribution in [2.24, 2.45) is 10.2 Å². The highest BCUT2D eigenvalue weighted by Gasteiger charge is 2.10. The molecule has 0 aromatic heterocycles. The number of phenols is 2. The second kappa shape index (κ2) is 6.55. The molecule has 0 atom stereocenters.